The Morgan fingerprint density at radius 2 is 1.96 bits per heavy atom. The van der Waals surface area contributed by atoms with Gasteiger partial charge in [0.2, 0.25) is 0 Å². The number of piperidine rings is 1. The second-order valence-corrected chi connectivity index (χ2v) is 6.57. The van der Waals surface area contributed by atoms with Crippen molar-refractivity contribution in [3.8, 4) is 5.75 Å². The van der Waals surface area contributed by atoms with E-state index >= 15 is 0 Å². The maximum Gasteiger partial charge on any atom is 0.270 e. The van der Waals surface area contributed by atoms with E-state index in [1.807, 2.05) is 0 Å². The molecule has 148 valence electrons. The standard InChI is InChI=1S/C20H22FN3O4/c21-15-5-4-6-17(13-15)28-12-9-22-20(25)18-14-16(24(26)27)7-8-19(18)23-10-2-1-3-11-23/h4-8,13-14H,1-3,9-12H2,(H,22,25). The minimum absolute atomic E-state index is 0.123. The molecule has 1 amide bonds. The smallest absolute Gasteiger partial charge is 0.270 e. The molecule has 0 spiro atoms. The Balaban J connectivity index is 1.66. The van der Waals surface area contributed by atoms with Crippen LogP contribution in [0.15, 0.2) is 42.5 Å². The fourth-order valence-corrected chi connectivity index (χ4v) is 3.22. The van der Waals surface area contributed by atoms with Crippen molar-refractivity contribution in [2.75, 3.05) is 31.1 Å². The van der Waals surface area contributed by atoms with Crippen LogP contribution in [0, 0.1) is 15.9 Å². The van der Waals surface area contributed by atoms with Gasteiger partial charge in [0.05, 0.1) is 22.7 Å². The lowest BCUT2D eigenvalue weighted by atomic mass is 10.1. The number of nitro groups is 1. The van der Waals surface area contributed by atoms with Gasteiger partial charge in [-0.15, -0.1) is 0 Å². The van der Waals surface area contributed by atoms with Gasteiger partial charge in [0.1, 0.15) is 18.2 Å². The molecule has 8 heteroatoms. The average Bonchev–Trinajstić information content (AvgIpc) is 2.71. The summed E-state index contributed by atoms with van der Waals surface area (Å²) in [4.78, 5) is 25.4. The fraction of sp³-hybridized carbons (Fsp3) is 0.350. The first-order valence-corrected chi connectivity index (χ1v) is 9.24. The zero-order chi connectivity index (χ0) is 19.9. The molecule has 0 aromatic heterocycles. The van der Waals surface area contributed by atoms with Gasteiger partial charge >= 0.3 is 0 Å². The first-order valence-electron chi connectivity index (χ1n) is 9.24. The molecular formula is C20H22FN3O4. The maximum absolute atomic E-state index is 13.1. The summed E-state index contributed by atoms with van der Waals surface area (Å²) in [5.74, 6) is -0.421. The number of nitrogens with zero attached hydrogens (tertiary/aromatic N) is 2. The SMILES string of the molecule is O=C(NCCOc1cccc(F)c1)c1cc([N+](=O)[O-])ccc1N1CCCCC1. The third kappa shape index (κ3) is 4.97. The molecule has 2 aromatic rings. The highest BCUT2D eigenvalue weighted by molar-refractivity contribution is 6.00. The predicted molar refractivity (Wildman–Crippen MR) is 103 cm³/mol. The van der Waals surface area contributed by atoms with Gasteiger partial charge in [0.15, 0.2) is 0 Å². The maximum atomic E-state index is 13.1. The number of carbonyl (C=O) groups is 1. The van der Waals surface area contributed by atoms with Gasteiger partial charge in [-0.05, 0) is 37.5 Å². The molecule has 1 fully saturated rings. The minimum atomic E-state index is -0.510. The Morgan fingerprint density at radius 3 is 2.68 bits per heavy atom. The molecule has 1 heterocycles. The Bertz CT molecular complexity index is 853. The summed E-state index contributed by atoms with van der Waals surface area (Å²) in [6, 6.07) is 10.1. The highest BCUT2D eigenvalue weighted by atomic mass is 19.1. The van der Waals surface area contributed by atoms with E-state index in [9.17, 15) is 19.3 Å². The van der Waals surface area contributed by atoms with Crippen molar-refractivity contribution in [1.82, 2.24) is 5.32 Å². The number of non-ortho nitro benzene ring substituents is 1. The normalized spacial score (nSPS) is 13.8. The molecule has 0 radical (unpaired) electrons. The summed E-state index contributed by atoms with van der Waals surface area (Å²) in [5.41, 5.74) is 0.859. The van der Waals surface area contributed by atoms with E-state index < -0.39 is 16.6 Å². The average molecular weight is 387 g/mol. The summed E-state index contributed by atoms with van der Waals surface area (Å²) in [7, 11) is 0. The number of rotatable bonds is 7. The molecule has 7 nitrogen and oxygen atoms in total. The number of nitro benzene ring substituents is 1. The van der Waals surface area contributed by atoms with E-state index in [1.54, 1.807) is 12.1 Å². The van der Waals surface area contributed by atoms with Gasteiger partial charge in [-0.25, -0.2) is 4.39 Å². The van der Waals surface area contributed by atoms with Gasteiger partial charge in [0, 0.05) is 31.3 Å². The molecule has 0 atom stereocenters. The molecule has 0 unspecified atom stereocenters. The molecule has 0 aliphatic carbocycles. The van der Waals surface area contributed by atoms with Crippen molar-refractivity contribution in [2.45, 2.75) is 19.3 Å². The van der Waals surface area contributed by atoms with Crippen molar-refractivity contribution in [2.24, 2.45) is 0 Å². The van der Waals surface area contributed by atoms with Crippen LogP contribution in [0.25, 0.3) is 0 Å². The summed E-state index contributed by atoms with van der Waals surface area (Å²) in [6.45, 7) is 1.99. The van der Waals surface area contributed by atoms with E-state index in [0.717, 1.165) is 32.4 Å². The Labute approximate surface area is 162 Å². The zero-order valence-corrected chi connectivity index (χ0v) is 15.4. The first-order chi connectivity index (χ1) is 13.5. The largest absolute Gasteiger partial charge is 0.492 e. The van der Waals surface area contributed by atoms with Crippen molar-refractivity contribution in [3.05, 3.63) is 64.0 Å². The lowest BCUT2D eigenvalue weighted by molar-refractivity contribution is -0.384. The fourth-order valence-electron chi connectivity index (χ4n) is 3.22. The topological polar surface area (TPSA) is 84.7 Å². The molecule has 0 saturated carbocycles. The monoisotopic (exact) mass is 387 g/mol. The summed E-state index contributed by atoms with van der Waals surface area (Å²) in [6.07, 6.45) is 3.20. The summed E-state index contributed by atoms with van der Waals surface area (Å²) >= 11 is 0. The Morgan fingerprint density at radius 1 is 1.18 bits per heavy atom. The second kappa shape index (κ2) is 9.16. The van der Waals surface area contributed by atoms with E-state index in [1.165, 1.54) is 30.3 Å². The third-order valence-corrected chi connectivity index (χ3v) is 4.58. The number of nitrogens with one attached hydrogen (secondary N) is 1. The van der Waals surface area contributed by atoms with Crippen LogP contribution in [-0.4, -0.2) is 37.1 Å². The van der Waals surface area contributed by atoms with Crippen LogP contribution >= 0.6 is 0 Å². The van der Waals surface area contributed by atoms with E-state index in [2.05, 4.69) is 10.2 Å². The molecule has 28 heavy (non-hydrogen) atoms. The second-order valence-electron chi connectivity index (χ2n) is 6.57. The first kappa shape index (κ1) is 19.6. The lowest BCUT2D eigenvalue weighted by Crippen LogP contribution is -2.33. The molecule has 1 aliphatic heterocycles. The molecule has 3 rings (SSSR count). The molecular weight excluding hydrogens is 365 g/mol. The van der Waals surface area contributed by atoms with E-state index in [4.69, 9.17) is 4.74 Å². The van der Waals surface area contributed by atoms with Crippen LogP contribution in [0.4, 0.5) is 15.8 Å². The van der Waals surface area contributed by atoms with Gasteiger partial charge in [-0.3, -0.25) is 14.9 Å². The van der Waals surface area contributed by atoms with Crippen LogP contribution < -0.4 is 15.0 Å². The number of hydrogen-bond donors (Lipinski definition) is 1. The van der Waals surface area contributed by atoms with Gasteiger partial charge in [-0.1, -0.05) is 6.07 Å². The number of ether oxygens (including phenoxy) is 1. The molecule has 1 aliphatic rings. The number of benzene rings is 2. The van der Waals surface area contributed by atoms with Crippen molar-refractivity contribution in [3.63, 3.8) is 0 Å². The van der Waals surface area contributed by atoms with E-state index in [-0.39, 0.29) is 24.4 Å². The number of halogens is 1. The number of anilines is 1. The van der Waals surface area contributed by atoms with Crippen LogP contribution in [-0.2, 0) is 0 Å². The van der Waals surface area contributed by atoms with Crippen LogP contribution in [0.5, 0.6) is 5.75 Å². The molecule has 1 N–H and O–H groups in total. The van der Waals surface area contributed by atoms with E-state index in [0.29, 0.717) is 11.4 Å². The summed E-state index contributed by atoms with van der Waals surface area (Å²) in [5, 5.41) is 13.8. The Hall–Kier alpha value is -3.16. The summed E-state index contributed by atoms with van der Waals surface area (Å²) < 4.78 is 18.5. The van der Waals surface area contributed by atoms with Crippen LogP contribution in [0.1, 0.15) is 29.6 Å². The highest BCUT2D eigenvalue weighted by Crippen LogP contribution is 2.28. The quantitative estimate of drug-likeness (QED) is 0.446. The van der Waals surface area contributed by atoms with Crippen molar-refractivity contribution >= 4 is 17.3 Å². The molecule has 1 saturated heterocycles. The number of carbonyl (C=O) groups excluding carboxylic acids is 1. The predicted octanol–water partition coefficient (Wildman–Crippen LogP) is 3.53. The third-order valence-electron chi connectivity index (χ3n) is 4.58. The zero-order valence-electron chi connectivity index (χ0n) is 15.4. The Kier molecular flexibility index (Phi) is 6.41. The van der Waals surface area contributed by atoms with Crippen LogP contribution in [0.2, 0.25) is 0 Å². The number of hydrogen-bond acceptors (Lipinski definition) is 5. The molecule has 0 bridgehead atoms. The van der Waals surface area contributed by atoms with Crippen molar-refractivity contribution in [1.29, 1.82) is 0 Å². The minimum Gasteiger partial charge on any atom is -0.492 e. The van der Waals surface area contributed by atoms with Crippen molar-refractivity contribution < 1.29 is 18.8 Å². The lowest BCUT2D eigenvalue weighted by Gasteiger charge is -2.30. The molecule has 2 aromatic carbocycles. The highest BCUT2D eigenvalue weighted by Gasteiger charge is 2.21. The van der Waals surface area contributed by atoms with Gasteiger partial charge in [0.25, 0.3) is 11.6 Å². The van der Waals surface area contributed by atoms with Crippen LogP contribution in [0.3, 0.4) is 0 Å². The number of amides is 1. The van der Waals surface area contributed by atoms with Gasteiger partial charge in [-0.2, -0.15) is 0 Å². The van der Waals surface area contributed by atoms with Gasteiger partial charge < -0.3 is 15.0 Å².